The Kier molecular flexibility index (Phi) is 5.72. The van der Waals surface area contributed by atoms with Crippen LogP contribution in [0.5, 0.6) is 5.75 Å². The molecular weight excluding hydrogens is 367 g/mol. The van der Waals surface area contributed by atoms with Crippen molar-refractivity contribution in [1.82, 2.24) is 4.31 Å². The molecule has 1 saturated heterocycles. The number of hydrogen-bond acceptors (Lipinski definition) is 4. The smallest absolute Gasteiger partial charge is 0.243 e. The van der Waals surface area contributed by atoms with E-state index in [4.69, 9.17) is 4.74 Å². The van der Waals surface area contributed by atoms with E-state index in [9.17, 15) is 12.8 Å². The third-order valence-electron chi connectivity index (χ3n) is 4.89. The van der Waals surface area contributed by atoms with Crippen molar-refractivity contribution in [3.63, 3.8) is 0 Å². The molecule has 0 spiro atoms. The zero-order valence-electron chi connectivity index (χ0n) is 15.9. The van der Waals surface area contributed by atoms with Gasteiger partial charge < -0.3 is 9.64 Å². The first kappa shape index (κ1) is 19.6. The summed E-state index contributed by atoms with van der Waals surface area (Å²) in [4.78, 5) is 2.15. The predicted molar refractivity (Wildman–Crippen MR) is 104 cm³/mol. The number of halogens is 1. The lowest BCUT2D eigenvalue weighted by molar-refractivity contribution is 0.382. The fourth-order valence-electron chi connectivity index (χ4n) is 3.35. The number of sulfonamides is 1. The van der Waals surface area contributed by atoms with Crippen LogP contribution in [0.2, 0.25) is 0 Å². The number of ether oxygens (including phenoxy) is 1. The molecule has 0 radical (unpaired) electrons. The van der Waals surface area contributed by atoms with Gasteiger partial charge in [0.15, 0.2) is 0 Å². The topological polar surface area (TPSA) is 49.9 Å². The van der Waals surface area contributed by atoms with Crippen molar-refractivity contribution in [2.45, 2.75) is 24.7 Å². The maximum atomic E-state index is 14.0. The monoisotopic (exact) mass is 392 g/mol. The summed E-state index contributed by atoms with van der Waals surface area (Å²) >= 11 is 0. The largest absolute Gasteiger partial charge is 0.496 e. The first-order valence-electron chi connectivity index (χ1n) is 9.02. The Morgan fingerprint density at radius 3 is 2.30 bits per heavy atom. The Labute approximate surface area is 160 Å². The molecule has 1 aliphatic heterocycles. The summed E-state index contributed by atoms with van der Waals surface area (Å²) in [5.41, 5.74) is 1.38. The molecule has 1 heterocycles. The highest BCUT2D eigenvalue weighted by Crippen LogP contribution is 2.30. The van der Waals surface area contributed by atoms with E-state index in [0.717, 1.165) is 5.56 Å². The first-order valence-corrected chi connectivity index (χ1v) is 10.5. The molecule has 1 fully saturated rings. The predicted octanol–water partition coefficient (Wildman–Crippen LogP) is 3.47. The third kappa shape index (κ3) is 3.94. The van der Waals surface area contributed by atoms with E-state index >= 15 is 0 Å². The molecule has 2 aromatic carbocycles. The number of para-hydroxylation sites is 1. The van der Waals surface area contributed by atoms with Gasteiger partial charge in [-0.05, 0) is 41.8 Å². The molecule has 1 aliphatic rings. The van der Waals surface area contributed by atoms with Gasteiger partial charge in [-0.2, -0.15) is 4.31 Å². The van der Waals surface area contributed by atoms with Gasteiger partial charge in [0.2, 0.25) is 10.0 Å². The van der Waals surface area contributed by atoms with E-state index in [1.165, 1.54) is 10.4 Å². The van der Waals surface area contributed by atoms with Crippen LogP contribution in [0.1, 0.15) is 25.3 Å². The molecule has 5 nitrogen and oxygen atoms in total. The lowest BCUT2D eigenvalue weighted by atomic mass is 10.0. The Bertz CT molecular complexity index is 907. The highest BCUT2D eigenvalue weighted by atomic mass is 32.2. The summed E-state index contributed by atoms with van der Waals surface area (Å²) < 4.78 is 46.9. The fourth-order valence-corrected chi connectivity index (χ4v) is 4.81. The molecule has 0 N–H and O–H groups in total. The van der Waals surface area contributed by atoms with Gasteiger partial charge in [0, 0.05) is 26.2 Å². The van der Waals surface area contributed by atoms with Crippen LogP contribution < -0.4 is 9.64 Å². The second-order valence-corrected chi connectivity index (χ2v) is 8.84. The molecule has 3 rings (SSSR count). The fraction of sp³-hybridized carbons (Fsp3) is 0.400. The van der Waals surface area contributed by atoms with Crippen LogP contribution in [-0.4, -0.2) is 46.0 Å². The van der Waals surface area contributed by atoms with E-state index < -0.39 is 10.0 Å². The Morgan fingerprint density at radius 1 is 1.04 bits per heavy atom. The van der Waals surface area contributed by atoms with Crippen LogP contribution in [0, 0.1) is 5.82 Å². The van der Waals surface area contributed by atoms with E-state index in [1.54, 1.807) is 43.5 Å². The summed E-state index contributed by atoms with van der Waals surface area (Å²) in [6.07, 6.45) is 0. The van der Waals surface area contributed by atoms with Crippen LogP contribution in [0.15, 0.2) is 47.4 Å². The van der Waals surface area contributed by atoms with E-state index in [0.29, 0.717) is 37.6 Å². The molecule has 146 valence electrons. The third-order valence-corrected chi connectivity index (χ3v) is 6.79. The van der Waals surface area contributed by atoms with Crippen LogP contribution in [0.3, 0.4) is 0 Å². The lowest BCUT2D eigenvalue weighted by Crippen LogP contribution is -2.48. The van der Waals surface area contributed by atoms with Gasteiger partial charge in [0.05, 0.1) is 17.7 Å². The van der Waals surface area contributed by atoms with Crippen LogP contribution >= 0.6 is 0 Å². The van der Waals surface area contributed by atoms with Gasteiger partial charge in [-0.1, -0.05) is 26.0 Å². The SMILES string of the molecule is COc1ccc(S(=O)(=O)N2CCN(c3ccccc3F)CC2)cc1C(C)C. The molecule has 2 aromatic rings. The van der Waals surface area contributed by atoms with Gasteiger partial charge >= 0.3 is 0 Å². The maximum Gasteiger partial charge on any atom is 0.243 e. The van der Waals surface area contributed by atoms with Gasteiger partial charge in [-0.25, -0.2) is 12.8 Å². The minimum absolute atomic E-state index is 0.146. The quantitative estimate of drug-likeness (QED) is 0.782. The second kappa shape index (κ2) is 7.86. The van der Waals surface area contributed by atoms with Gasteiger partial charge in [-0.3, -0.25) is 0 Å². The van der Waals surface area contributed by atoms with Crippen molar-refractivity contribution in [3.05, 3.63) is 53.8 Å². The number of hydrogen-bond donors (Lipinski definition) is 0. The number of benzene rings is 2. The molecule has 0 aromatic heterocycles. The Hall–Kier alpha value is -2.12. The van der Waals surface area contributed by atoms with E-state index in [2.05, 4.69) is 0 Å². The van der Waals surface area contributed by atoms with Crippen LogP contribution in [0.4, 0.5) is 10.1 Å². The number of nitrogens with zero attached hydrogens (tertiary/aromatic N) is 2. The van der Waals surface area contributed by atoms with Gasteiger partial charge in [0.25, 0.3) is 0 Å². The Balaban J connectivity index is 1.79. The van der Waals surface area contributed by atoms with Crippen molar-refractivity contribution in [2.24, 2.45) is 0 Å². The second-order valence-electron chi connectivity index (χ2n) is 6.90. The van der Waals surface area contributed by atoms with Crippen molar-refractivity contribution < 1.29 is 17.5 Å². The molecule has 0 amide bonds. The Morgan fingerprint density at radius 2 is 1.70 bits per heavy atom. The zero-order chi connectivity index (χ0) is 19.6. The number of rotatable bonds is 5. The average molecular weight is 392 g/mol. The molecule has 0 unspecified atom stereocenters. The molecule has 0 atom stereocenters. The first-order chi connectivity index (χ1) is 12.8. The minimum Gasteiger partial charge on any atom is -0.496 e. The number of piperazine rings is 1. The molecule has 0 bridgehead atoms. The highest BCUT2D eigenvalue weighted by Gasteiger charge is 2.30. The molecule has 0 aliphatic carbocycles. The standard InChI is InChI=1S/C20H25FN2O3S/c1-15(2)17-14-16(8-9-20(17)26-3)27(24,25)23-12-10-22(11-13-23)19-7-5-4-6-18(19)21/h4-9,14-15H,10-13H2,1-3H3. The number of methoxy groups -OCH3 is 1. The van der Waals surface area contributed by atoms with Crippen LogP contribution in [-0.2, 0) is 10.0 Å². The average Bonchev–Trinajstić information content (AvgIpc) is 2.68. The summed E-state index contributed by atoms with van der Waals surface area (Å²) in [6.45, 7) is 5.54. The molecular formula is C20H25FN2O3S. The molecule has 0 saturated carbocycles. The van der Waals surface area contributed by atoms with E-state index in [-0.39, 0.29) is 16.6 Å². The van der Waals surface area contributed by atoms with Crippen LogP contribution in [0.25, 0.3) is 0 Å². The maximum absolute atomic E-state index is 14.0. The summed E-state index contributed by atoms with van der Waals surface area (Å²) in [5.74, 6) is 0.548. The normalized spacial score (nSPS) is 16.0. The molecule has 7 heteroatoms. The summed E-state index contributed by atoms with van der Waals surface area (Å²) in [6, 6.07) is 11.6. The van der Waals surface area contributed by atoms with E-state index in [1.807, 2.05) is 18.7 Å². The van der Waals surface area contributed by atoms with Gasteiger partial charge in [0.1, 0.15) is 11.6 Å². The number of anilines is 1. The van der Waals surface area contributed by atoms with Crippen molar-refractivity contribution in [2.75, 3.05) is 38.2 Å². The van der Waals surface area contributed by atoms with Crippen molar-refractivity contribution >= 4 is 15.7 Å². The summed E-state index contributed by atoms with van der Waals surface area (Å²) in [5, 5.41) is 0. The van der Waals surface area contributed by atoms with Crippen molar-refractivity contribution in [3.8, 4) is 5.75 Å². The summed E-state index contributed by atoms with van der Waals surface area (Å²) in [7, 11) is -2.02. The zero-order valence-corrected chi connectivity index (χ0v) is 16.7. The minimum atomic E-state index is -3.60. The molecule has 27 heavy (non-hydrogen) atoms. The highest BCUT2D eigenvalue weighted by molar-refractivity contribution is 7.89. The van der Waals surface area contributed by atoms with Crippen molar-refractivity contribution in [1.29, 1.82) is 0 Å². The lowest BCUT2D eigenvalue weighted by Gasteiger charge is -2.35. The van der Waals surface area contributed by atoms with Gasteiger partial charge in [-0.15, -0.1) is 0 Å².